The molecule has 0 saturated carbocycles. The van der Waals surface area contributed by atoms with Gasteiger partial charge in [-0.2, -0.15) is 0 Å². The fourth-order valence-corrected chi connectivity index (χ4v) is 1.91. The van der Waals surface area contributed by atoms with Crippen molar-refractivity contribution in [3.63, 3.8) is 0 Å². The average molecular weight is 196 g/mol. The van der Waals surface area contributed by atoms with Crippen LogP contribution in [0.25, 0.3) is 0 Å². The van der Waals surface area contributed by atoms with Gasteiger partial charge in [0.05, 0.1) is 0 Å². The van der Waals surface area contributed by atoms with E-state index in [0.717, 1.165) is 19.5 Å². The highest BCUT2D eigenvalue weighted by molar-refractivity contribution is 5.76. The first-order valence-corrected chi connectivity index (χ1v) is 5.28. The number of allylic oxidation sites excluding steroid dienone is 1. The number of nitrogens with zero attached hydrogens (tertiary/aromatic N) is 1. The minimum atomic E-state index is 0.255. The van der Waals surface area contributed by atoms with Gasteiger partial charge in [0, 0.05) is 31.6 Å². The second-order valence-electron chi connectivity index (χ2n) is 4.09. The summed E-state index contributed by atoms with van der Waals surface area (Å²) in [5, 5.41) is 3.41. The first-order chi connectivity index (χ1) is 6.63. The summed E-state index contributed by atoms with van der Waals surface area (Å²) in [7, 11) is 0. The Labute approximate surface area is 86.2 Å². The third-order valence-corrected chi connectivity index (χ3v) is 2.47. The third-order valence-electron chi connectivity index (χ3n) is 2.47. The van der Waals surface area contributed by atoms with Crippen LogP contribution in [0.2, 0.25) is 0 Å². The van der Waals surface area contributed by atoms with E-state index in [2.05, 4.69) is 25.7 Å². The number of rotatable bonds is 3. The number of hydrogen-bond donors (Lipinski definition) is 1. The van der Waals surface area contributed by atoms with Crippen molar-refractivity contribution in [2.45, 2.75) is 38.8 Å². The van der Waals surface area contributed by atoms with E-state index in [4.69, 9.17) is 0 Å². The summed E-state index contributed by atoms with van der Waals surface area (Å²) < 4.78 is 0. The Morgan fingerprint density at radius 1 is 1.50 bits per heavy atom. The molecule has 3 heteroatoms. The van der Waals surface area contributed by atoms with E-state index >= 15 is 0 Å². The molecule has 1 amide bonds. The number of carbonyl (C=O) groups excluding carboxylic acids is 1. The van der Waals surface area contributed by atoms with Crippen LogP contribution in [-0.4, -0.2) is 36.0 Å². The lowest BCUT2D eigenvalue weighted by Gasteiger charge is -2.36. The zero-order valence-electron chi connectivity index (χ0n) is 9.12. The molecule has 1 saturated heterocycles. The largest absolute Gasteiger partial charge is 0.340 e. The van der Waals surface area contributed by atoms with Crippen molar-refractivity contribution < 1.29 is 4.79 Å². The lowest BCUT2D eigenvalue weighted by Crippen LogP contribution is -2.55. The monoisotopic (exact) mass is 196 g/mol. The van der Waals surface area contributed by atoms with Crippen LogP contribution in [0.5, 0.6) is 0 Å². The third kappa shape index (κ3) is 3.14. The molecule has 0 spiro atoms. The highest BCUT2D eigenvalue weighted by Crippen LogP contribution is 2.07. The van der Waals surface area contributed by atoms with Gasteiger partial charge in [0.25, 0.3) is 0 Å². The molecular formula is C11H20N2O. The maximum absolute atomic E-state index is 11.7. The Morgan fingerprint density at radius 2 is 2.07 bits per heavy atom. The van der Waals surface area contributed by atoms with Gasteiger partial charge in [-0.1, -0.05) is 6.08 Å². The second kappa shape index (κ2) is 5.15. The molecule has 14 heavy (non-hydrogen) atoms. The normalized spacial score (nSPS) is 27.4. The Kier molecular flexibility index (Phi) is 4.14. The molecule has 0 aliphatic carbocycles. The Hall–Kier alpha value is -0.830. The fraction of sp³-hybridized carbons (Fsp3) is 0.727. The van der Waals surface area contributed by atoms with Crippen molar-refractivity contribution in [2.75, 3.05) is 13.1 Å². The molecule has 1 aliphatic heterocycles. The summed E-state index contributed by atoms with van der Waals surface area (Å²) in [5.74, 6) is 0.255. The molecule has 1 rings (SSSR count). The quantitative estimate of drug-likeness (QED) is 0.687. The first-order valence-electron chi connectivity index (χ1n) is 5.28. The standard InChI is InChI=1S/C11H20N2O/c1-4-5-6-11(14)13-7-9(2)12-10(3)8-13/h4,9-10,12H,1,5-8H2,2-3H3. The second-order valence-corrected chi connectivity index (χ2v) is 4.09. The first kappa shape index (κ1) is 11.2. The van der Waals surface area contributed by atoms with Crippen molar-refractivity contribution in [3.8, 4) is 0 Å². The van der Waals surface area contributed by atoms with Crippen molar-refractivity contribution in [2.24, 2.45) is 0 Å². The predicted octanol–water partition coefficient (Wildman–Crippen LogP) is 1.16. The molecule has 1 heterocycles. The molecular weight excluding hydrogens is 176 g/mol. The van der Waals surface area contributed by atoms with Crippen LogP contribution >= 0.6 is 0 Å². The predicted molar refractivity (Wildman–Crippen MR) is 58.1 cm³/mol. The minimum absolute atomic E-state index is 0.255. The van der Waals surface area contributed by atoms with Gasteiger partial charge in [-0.25, -0.2) is 0 Å². The lowest BCUT2D eigenvalue weighted by molar-refractivity contribution is -0.132. The molecule has 1 N–H and O–H groups in total. The van der Waals surface area contributed by atoms with Gasteiger partial charge in [-0.15, -0.1) is 6.58 Å². The molecule has 2 unspecified atom stereocenters. The van der Waals surface area contributed by atoms with Crippen LogP contribution in [0.15, 0.2) is 12.7 Å². The molecule has 0 radical (unpaired) electrons. The molecule has 1 aliphatic rings. The van der Waals surface area contributed by atoms with Crippen LogP contribution in [0.3, 0.4) is 0 Å². The smallest absolute Gasteiger partial charge is 0.222 e. The van der Waals surface area contributed by atoms with Gasteiger partial charge in [0.15, 0.2) is 0 Å². The molecule has 3 nitrogen and oxygen atoms in total. The highest BCUT2D eigenvalue weighted by atomic mass is 16.2. The number of nitrogens with one attached hydrogen (secondary N) is 1. The van der Waals surface area contributed by atoms with E-state index in [0.29, 0.717) is 18.5 Å². The van der Waals surface area contributed by atoms with Gasteiger partial charge in [-0.05, 0) is 20.3 Å². The minimum Gasteiger partial charge on any atom is -0.340 e. The van der Waals surface area contributed by atoms with E-state index in [9.17, 15) is 4.79 Å². The highest BCUT2D eigenvalue weighted by Gasteiger charge is 2.23. The van der Waals surface area contributed by atoms with E-state index < -0.39 is 0 Å². The van der Waals surface area contributed by atoms with Crippen LogP contribution < -0.4 is 5.32 Å². The van der Waals surface area contributed by atoms with Crippen molar-refractivity contribution in [1.29, 1.82) is 0 Å². The lowest BCUT2D eigenvalue weighted by atomic mass is 10.1. The zero-order valence-corrected chi connectivity index (χ0v) is 9.12. The Bertz CT molecular complexity index is 205. The number of amides is 1. The van der Waals surface area contributed by atoms with Crippen molar-refractivity contribution in [3.05, 3.63) is 12.7 Å². The summed E-state index contributed by atoms with van der Waals surface area (Å²) in [6.07, 6.45) is 3.18. The SMILES string of the molecule is C=CCCC(=O)N1CC(C)NC(C)C1. The van der Waals surface area contributed by atoms with Gasteiger partial charge in [0.2, 0.25) is 5.91 Å². The molecule has 1 fully saturated rings. The van der Waals surface area contributed by atoms with Crippen LogP contribution in [0.4, 0.5) is 0 Å². The average Bonchev–Trinajstić information content (AvgIpc) is 2.12. The Morgan fingerprint density at radius 3 is 2.57 bits per heavy atom. The molecule has 80 valence electrons. The van der Waals surface area contributed by atoms with Crippen LogP contribution in [0.1, 0.15) is 26.7 Å². The number of carbonyl (C=O) groups is 1. The van der Waals surface area contributed by atoms with Gasteiger partial charge in [-0.3, -0.25) is 4.79 Å². The van der Waals surface area contributed by atoms with Gasteiger partial charge < -0.3 is 10.2 Å². The molecule has 0 aromatic heterocycles. The maximum atomic E-state index is 11.7. The van der Waals surface area contributed by atoms with E-state index in [1.807, 2.05) is 4.90 Å². The topological polar surface area (TPSA) is 32.3 Å². The van der Waals surface area contributed by atoms with E-state index in [1.54, 1.807) is 6.08 Å². The Balaban J connectivity index is 2.42. The van der Waals surface area contributed by atoms with E-state index in [-0.39, 0.29) is 5.91 Å². The van der Waals surface area contributed by atoms with Gasteiger partial charge >= 0.3 is 0 Å². The van der Waals surface area contributed by atoms with Crippen molar-refractivity contribution >= 4 is 5.91 Å². The van der Waals surface area contributed by atoms with Crippen molar-refractivity contribution in [1.82, 2.24) is 10.2 Å². The number of piperazine rings is 1. The molecule has 0 aromatic carbocycles. The molecule has 0 bridgehead atoms. The maximum Gasteiger partial charge on any atom is 0.222 e. The molecule has 0 aromatic rings. The fourth-order valence-electron chi connectivity index (χ4n) is 1.91. The number of hydrogen-bond acceptors (Lipinski definition) is 2. The summed E-state index contributed by atoms with van der Waals surface area (Å²) >= 11 is 0. The summed E-state index contributed by atoms with van der Waals surface area (Å²) in [4.78, 5) is 13.7. The zero-order chi connectivity index (χ0) is 10.6. The van der Waals surface area contributed by atoms with E-state index in [1.165, 1.54) is 0 Å². The van der Waals surface area contributed by atoms with Crippen LogP contribution in [-0.2, 0) is 4.79 Å². The summed E-state index contributed by atoms with van der Waals surface area (Å²) in [5.41, 5.74) is 0. The molecule has 2 atom stereocenters. The van der Waals surface area contributed by atoms with Crippen LogP contribution in [0, 0.1) is 0 Å². The summed E-state index contributed by atoms with van der Waals surface area (Å²) in [6, 6.07) is 0.817. The summed E-state index contributed by atoms with van der Waals surface area (Å²) in [6.45, 7) is 9.52. The van der Waals surface area contributed by atoms with Gasteiger partial charge in [0.1, 0.15) is 0 Å².